The first kappa shape index (κ1) is 14.6. The Labute approximate surface area is 94.7 Å². The molecule has 0 amide bonds. The molecule has 90 valence electrons. The first-order chi connectivity index (χ1) is 7.02. The summed E-state index contributed by atoms with van der Waals surface area (Å²) in [4.78, 5) is 10.2. The lowest BCUT2D eigenvalue weighted by molar-refractivity contribution is -0.137. The number of carboxylic acids is 1. The van der Waals surface area contributed by atoms with Crippen LogP contribution in [0.3, 0.4) is 0 Å². The molecule has 0 spiro atoms. The second kappa shape index (κ2) is 8.89. The van der Waals surface area contributed by atoms with Gasteiger partial charge in [-0.2, -0.15) is 0 Å². The zero-order valence-electron chi connectivity index (χ0n) is 9.70. The molecule has 0 aliphatic carbocycles. The van der Waals surface area contributed by atoms with Crippen LogP contribution in [0.5, 0.6) is 0 Å². The van der Waals surface area contributed by atoms with Gasteiger partial charge in [0.2, 0.25) is 0 Å². The van der Waals surface area contributed by atoms with Gasteiger partial charge in [-0.1, -0.05) is 20.3 Å². The Hall–Kier alpha value is -0.380. The Kier molecular flexibility index (Phi) is 8.67. The summed E-state index contributed by atoms with van der Waals surface area (Å²) in [5.41, 5.74) is 0. The molecule has 0 radical (unpaired) electrons. The smallest absolute Gasteiger partial charge is 0.303 e. The van der Waals surface area contributed by atoms with E-state index < -0.39 is 16.8 Å². The minimum atomic E-state index is -0.740. The van der Waals surface area contributed by atoms with Crippen LogP contribution in [0, 0.1) is 5.92 Å². The van der Waals surface area contributed by atoms with Gasteiger partial charge in [0.25, 0.3) is 0 Å². The van der Waals surface area contributed by atoms with Gasteiger partial charge in [-0.05, 0) is 25.2 Å². The first-order valence-corrected chi connectivity index (χ1v) is 7.08. The maximum atomic E-state index is 11.4. The average Bonchev–Trinajstić information content (AvgIpc) is 2.13. The third-order valence-electron chi connectivity index (χ3n) is 2.19. The van der Waals surface area contributed by atoms with E-state index in [0.717, 1.165) is 30.8 Å². The molecule has 0 aromatic rings. The molecule has 1 unspecified atom stereocenters. The molecule has 0 fully saturated rings. The van der Waals surface area contributed by atoms with Gasteiger partial charge in [0.05, 0.1) is 0 Å². The molecule has 1 N–H and O–H groups in total. The van der Waals surface area contributed by atoms with E-state index >= 15 is 0 Å². The molecule has 0 saturated heterocycles. The highest BCUT2D eigenvalue weighted by molar-refractivity contribution is 7.84. The van der Waals surface area contributed by atoms with Gasteiger partial charge in [-0.15, -0.1) is 0 Å². The summed E-state index contributed by atoms with van der Waals surface area (Å²) in [5, 5.41) is 8.41. The van der Waals surface area contributed by atoms with Crippen molar-refractivity contribution in [3.8, 4) is 0 Å². The Morgan fingerprint density at radius 1 is 1.20 bits per heavy atom. The Bertz CT molecular complexity index is 202. The van der Waals surface area contributed by atoms with Crippen LogP contribution in [-0.2, 0) is 15.6 Å². The standard InChI is InChI=1S/C11H22O3S/c1-10(2)7-9-15(14)8-5-3-4-6-11(12)13/h10H,3-9H2,1-2H3,(H,12,13). The normalized spacial score (nSPS) is 13.0. The summed E-state index contributed by atoms with van der Waals surface area (Å²) in [5.74, 6) is 1.39. The summed E-state index contributed by atoms with van der Waals surface area (Å²) in [7, 11) is -0.702. The minimum absolute atomic E-state index is 0.235. The SMILES string of the molecule is CC(C)CCS(=O)CCCCCC(=O)O. The van der Waals surface area contributed by atoms with Crippen molar-refractivity contribution >= 4 is 16.8 Å². The van der Waals surface area contributed by atoms with Gasteiger partial charge < -0.3 is 5.11 Å². The van der Waals surface area contributed by atoms with Crippen molar-refractivity contribution in [3.63, 3.8) is 0 Å². The highest BCUT2D eigenvalue weighted by Crippen LogP contribution is 2.04. The molecular weight excluding hydrogens is 212 g/mol. The van der Waals surface area contributed by atoms with E-state index in [-0.39, 0.29) is 6.42 Å². The fraction of sp³-hybridized carbons (Fsp3) is 0.909. The van der Waals surface area contributed by atoms with Crippen LogP contribution in [0.2, 0.25) is 0 Å². The Balaban J connectivity index is 3.28. The predicted octanol–water partition coefficient (Wildman–Crippen LogP) is 2.43. The first-order valence-electron chi connectivity index (χ1n) is 5.59. The van der Waals surface area contributed by atoms with E-state index in [1.54, 1.807) is 0 Å². The molecule has 4 heteroatoms. The van der Waals surface area contributed by atoms with E-state index in [1.807, 2.05) is 0 Å². The number of unbranched alkanes of at least 4 members (excludes halogenated alkanes) is 2. The molecular formula is C11H22O3S. The number of rotatable bonds is 9. The quantitative estimate of drug-likeness (QED) is 0.623. The van der Waals surface area contributed by atoms with Crippen LogP contribution in [0.15, 0.2) is 0 Å². The van der Waals surface area contributed by atoms with Gasteiger partial charge in [0.15, 0.2) is 0 Å². The fourth-order valence-corrected chi connectivity index (χ4v) is 2.65. The molecule has 0 aromatic carbocycles. The number of aliphatic carboxylic acids is 1. The Morgan fingerprint density at radius 3 is 2.40 bits per heavy atom. The topological polar surface area (TPSA) is 54.4 Å². The van der Waals surface area contributed by atoms with Crippen LogP contribution < -0.4 is 0 Å². The van der Waals surface area contributed by atoms with Gasteiger partial charge in [-0.25, -0.2) is 0 Å². The van der Waals surface area contributed by atoms with Crippen LogP contribution in [0.1, 0.15) is 46.0 Å². The third-order valence-corrected chi connectivity index (χ3v) is 3.62. The minimum Gasteiger partial charge on any atom is -0.481 e. The van der Waals surface area contributed by atoms with Crippen molar-refractivity contribution < 1.29 is 14.1 Å². The van der Waals surface area contributed by atoms with E-state index in [0.29, 0.717) is 12.3 Å². The molecule has 15 heavy (non-hydrogen) atoms. The summed E-state index contributed by atoms with van der Waals surface area (Å²) in [6.07, 6.45) is 3.72. The highest BCUT2D eigenvalue weighted by Gasteiger charge is 2.02. The lowest BCUT2D eigenvalue weighted by atomic mass is 10.2. The predicted molar refractivity (Wildman–Crippen MR) is 63.4 cm³/mol. The lowest BCUT2D eigenvalue weighted by Crippen LogP contribution is -2.05. The van der Waals surface area contributed by atoms with Crippen molar-refractivity contribution in [1.29, 1.82) is 0 Å². The number of carbonyl (C=O) groups is 1. The van der Waals surface area contributed by atoms with Gasteiger partial charge >= 0.3 is 5.97 Å². The second-order valence-corrected chi connectivity index (χ2v) is 5.93. The largest absolute Gasteiger partial charge is 0.481 e. The van der Waals surface area contributed by atoms with Gasteiger partial charge in [0, 0.05) is 28.7 Å². The van der Waals surface area contributed by atoms with Crippen molar-refractivity contribution in [2.75, 3.05) is 11.5 Å². The summed E-state index contributed by atoms with van der Waals surface area (Å²) in [6.45, 7) is 4.26. The van der Waals surface area contributed by atoms with E-state index in [4.69, 9.17) is 5.11 Å². The molecule has 0 bridgehead atoms. The van der Waals surface area contributed by atoms with Crippen LogP contribution >= 0.6 is 0 Å². The van der Waals surface area contributed by atoms with Gasteiger partial charge in [0.1, 0.15) is 0 Å². The van der Waals surface area contributed by atoms with Crippen LogP contribution in [-0.4, -0.2) is 26.8 Å². The van der Waals surface area contributed by atoms with Crippen molar-refractivity contribution in [3.05, 3.63) is 0 Å². The summed E-state index contributed by atoms with van der Waals surface area (Å²) in [6, 6.07) is 0. The summed E-state index contributed by atoms with van der Waals surface area (Å²) >= 11 is 0. The second-order valence-electron chi connectivity index (χ2n) is 4.23. The molecule has 0 heterocycles. The van der Waals surface area contributed by atoms with Crippen LogP contribution in [0.4, 0.5) is 0 Å². The molecule has 0 saturated carbocycles. The monoisotopic (exact) mass is 234 g/mol. The van der Waals surface area contributed by atoms with Crippen molar-refractivity contribution in [2.45, 2.75) is 46.0 Å². The molecule has 1 atom stereocenters. The zero-order valence-corrected chi connectivity index (χ0v) is 10.5. The molecule has 3 nitrogen and oxygen atoms in total. The maximum absolute atomic E-state index is 11.4. The van der Waals surface area contributed by atoms with Crippen molar-refractivity contribution in [2.24, 2.45) is 5.92 Å². The maximum Gasteiger partial charge on any atom is 0.303 e. The number of hydrogen-bond acceptors (Lipinski definition) is 2. The highest BCUT2D eigenvalue weighted by atomic mass is 32.2. The van der Waals surface area contributed by atoms with E-state index in [1.165, 1.54) is 0 Å². The molecule has 0 aliphatic rings. The summed E-state index contributed by atoms with van der Waals surface area (Å²) < 4.78 is 11.4. The Morgan fingerprint density at radius 2 is 1.87 bits per heavy atom. The van der Waals surface area contributed by atoms with E-state index in [9.17, 15) is 9.00 Å². The van der Waals surface area contributed by atoms with E-state index in [2.05, 4.69) is 13.8 Å². The number of carboxylic acid groups (broad SMARTS) is 1. The molecule has 0 aromatic heterocycles. The average molecular weight is 234 g/mol. The molecule has 0 aliphatic heterocycles. The van der Waals surface area contributed by atoms with Crippen LogP contribution in [0.25, 0.3) is 0 Å². The van der Waals surface area contributed by atoms with Crippen molar-refractivity contribution in [1.82, 2.24) is 0 Å². The third kappa shape index (κ3) is 11.5. The fourth-order valence-electron chi connectivity index (χ4n) is 1.19. The molecule has 0 rings (SSSR count). The lowest BCUT2D eigenvalue weighted by Gasteiger charge is -2.04. The number of hydrogen-bond donors (Lipinski definition) is 1. The van der Waals surface area contributed by atoms with Gasteiger partial charge in [-0.3, -0.25) is 9.00 Å². The zero-order chi connectivity index (χ0) is 11.7.